The molecule has 24 heavy (non-hydrogen) atoms. The van der Waals surface area contributed by atoms with E-state index in [4.69, 9.17) is 0 Å². The molecule has 0 unspecified atom stereocenters. The van der Waals surface area contributed by atoms with Crippen LogP contribution in [0.3, 0.4) is 0 Å². The standard InChI is InChI=1S/C17H13N3O4/c1-11-14(9-12-7-8-16(21)15(10-12)20(23)24)17(22)19(18-11)13-5-3-2-4-6-13/h2-10,21H,1H3/b14-9+. The molecule has 0 bridgehead atoms. The van der Waals surface area contributed by atoms with Gasteiger partial charge in [-0.1, -0.05) is 24.3 Å². The first kappa shape index (κ1) is 15.4. The summed E-state index contributed by atoms with van der Waals surface area (Å²) in [4.78, 5) is 22.8. The van der Waals surface area contributed by atoms with Crippen LogP contribution in [0.4, 0.5) is 11.4 Å². The number of hydrazone groups is 1. The number of hydrogen-bond acceptors (Lipinski definition) is 5. The Morgan fingerprint density at radius 3 is 2.58 bits per heavy atom. The highest BCUT2D eigenvalue weighted by atomic mass is 16.6. The number of para-hydroxylation sites is 1. The van der Waals surface area contributed by atoms with Crippen LogP contribution in [-0.4, -0.2) is 21.6 Å². The van der Waals surface area contributed by atoms with Crippen LogP contribution in [0.2, 0.25) is 0 Å². The number of carbonyl (C=O) groups excluding carboxylic acids is 1. The smallest absolute Gasteiger partial charge is 0.311 e. The first-order chi connectivity index (χ1) is 11.5. The van der Waals surface area contributed by atoms with Gasteiger partial charge in [0, 0.05) is 6.07 Å². The number of nitrogens with zero attached hydrogens (tertiary/aromatic N) is 3. The molecule has 0 radical (unpaired) electrons. The maximum Gasteiger partial charge on any atom is 0.311 e. The normalized spacial score (nSPS) is 15.7. The first-order valence-corrected chi connectivity index (χ1v) is 7.11. The molecule has 2 aromatic carbocycles. The van der Waals surface area contributed by atoms with E-state index in [0.29, 0.717) is 22.5 Å². The summed E-state index contributed by atoms with van der Waals surface area (Å²) in [5.74, 6) is -0.731. The highest BCUT2D eigenvalue weighted by Crippen LogP contribution is 2.29. The van der Waals surface area contributed by atoms with Gasteiger partial charge in [-0.2, -0.15) is 10.1 Å². The molecule has 1 aliphatic heterocycles. The highest BCUT2D eigenvalue weighted by Gasteiger charge is 2.28. The maximum absolute atomic E-state index is 12.6. The minimum Gasteiger partial charge on any atom is -0.502 e. The fourth-order valence-electron chi connectivity index (χ4n) is 2.37. The highest BCUT2D eigenvalue weighted by molar-refractivity contribution is 6.32. The summed E-state index contributed by atoms with van der Waals surface area (Å²) in [6.07, 6.45) is 1.52. The second-order valence-electron chi connectivity index (χ2n) is 5.20. The number of hydrogen-bond donors (Lipinski definition) is 1. The molecule has 1 N–H and O–H groups in total. The zero-order valence-corrected chi connectivity index (χ0v) is 12.7. The van der Waals surface area contributed by atoms with Crippen molar-refractivity contribution < 1.29 is 14.8 Å². The lowest BCUT2D eigenvalue weighted by Gasteiger charge is -2.11. The van der Waals surface area contributed by atoms with Gasteiger partial charge in [0.05, 0.1) is 21.9 Å². The van der Waals surface area contributed by atoms with Gasteiger partial charge in [0.25, 0.3) is 5.91 Å². The molecule has 3 rings (SSSR count). The lowest BCUT2D eigenvalue weighted by molar-refractivity contribution is -0.385. The Hall–Kier alpha value is -3.48. The van der Waals surface area contributed by atoms with Crippen LogP contribution in [-0.2, 0) is 4.79 Å². The van der Waals surface area contributed by atoms with Crippen LogP contribution >= 0.6 is 0 Å². The summed E-state index contributed by atoms with van der Waals surface area (Å²) in [7, 11) is 0. The molecule has 0 fully saturated rings. The van der Waals surface area contributed by atoms with Crippen molar-refractivity contribution in [2.75, 3.05) is 5.01 Å². The molecule has 7 heteroatoms. The summed E-state index contributed by atoms with van der Waals surface area (Å²) in [6, 6.07) is 12.9. The van der Waals surface area contributed by atoms with E-state index < -0.39 is 16.4 Å². The Morgan fingerprint density at radius 2 is 1.92 bits per heavy atom. The maximum atomic E-state index is 12.6. The molecule has 2 aromatic rings. The fraction of sp³-hybridized carbons (Fsp3) is 0.0588. The average molecular weight is 323 g/mol. The van der Waals surface area contributed by atoms with Crippen molar-refractivity contribution >= 4 is 29.1 Å². The summed E-state index contributed by atoms with van der Waals surface area (Å²) >= 11 is 0. The number of nitro benzene ring substituents is 1. The molecular weight excluding hydrogens is 310 g/mol. The van der Waals surface area contributed by atoms with E-state index in [1.54, 1.807) is 31.2 Å². The van der Waals surface area contributed by atoms with E-state index in [1.165, 1.54) is 29.3 Å². The monoisotopic (exact) mass is 323 g/mol. The Bertz CT molecular complexity index is 888. The summed E-state index contributed by atoms with van der Waals surface area (Å²) < 4.78 is 0. The number of amides is 1. The van der Waals surface area contributed by atoms with E-state index in [2.05, 4.69) is 5.10 Å². The van der Waals surface area contributed by atoms with Crippen molar-refractivity contribution in [2.24, 2.45) is 5.10 Å². The van der Waals surface area contributed by atoms with Crippen LogP contribution in [0.25, 0.3) is 6.08 Å². The number of nitro groups is 1. The van der Waals surface area contributed by atoms with Crippen molar-refractivity contribution in [3.05, 3.63) is 69.8 Å². The Morgan fingerprint density at radius 1 is 1.21 bits per heavy atom. The molecule has 0 aromatic heterocycles. The topological polar surface area (TPSA) is 96.0 Å². The second kappa shape index (κ2) is 5.96. The van der Waals surface area contributed by atoms with E-state index in [1.807, 2.05) is 6.07 Å². The Balaban J connectivity index is 1.97. The largest absolute Gasteiger partial charge is 0.502 e. The lowest BCUT2D eigenvalue weighted by atomic mass is 10.1. The molecule has 0 aliphatic carbocycles. The second-order valence-corrected chi connectivity index (χ2v) is 5.20. The van der Waals surface area contributed by atoms with E-state index in [9.17, 15) is 20.0 Å². The minimum absolute atomic E-state index is 0.311. The van der Waals surface area contributed by atoms with Gasteiger partial charge >= 0.3 is 5.69 Å². The Labute approximate surface area is 137 Å². The lowest BCUT2D eigenvalue weighted by Crippen LogP contribution is -2.21. The van der Waals surface area contributed by atoms with Gasteiger partial charge in [-0.05, 0) is 36.8 Å². The first-order valence-electron chi connectivity index (χ1n) is 7.11. The zero-order chi connectivity index (χ0) is 17.3. The average Bonchev–Trinajstić information content (AvgIpc) is 2.85. The fourth-order valence-corrected chi connectivity index (χ4v) is 2.37. The summed E-state index contributed by atoms with van der Waals surface area (Å²) in [6.45, 7) is 1.70. The quantitative estimate of drug-likeness (QED) is 0.533. The molecule has 0 saturated heterocycles. The van der Waals surface area contributed by atoms with Crippen LogP contribution < -0.4 is 5.01 Å². The number of phenols is 1. The van der Waals surface area contributed by atoms with Crippen LogP contribution in [0.5, 0.6) is 5.75 Å². The number of anilines is 1. The molecule has 1 heterocycles. The number of aromatic hydroxyl groups is 1. The van der Waals surface area contributed by atoms with Gasteiger partial charge < -0.3 is 5.11 Å². The number of phenolic OH excluding ortho intramolecular Hbond substituents is 1. The number of benzene rings is 2. The van der Waals surface area contributed by atoms with Gasteiger partial charge in [0.15, 0.2) is 5.75 Å². The predicted octanol–water partition coefficient (Wildman–Crippen LogP) is 3.11. The molecule has 1 aliphatic rings. The predicted molar refractivity (Wildman–Crippen MR) is 89.8 cm³/mol. The third kappa shape index (κ3) is 2.74. The zero-order valence-electron chi connectivity index (χ0n) is 12.7. The van der Waals surface area contributed by atoms with E-state index in [0.717, 1.165) is 0 Å². The molecule has 0 atom stereocenters. The summed E-state index contributed by atoms with van der Waals surface area (Å²) in [5.41, 5.74) is 1.52. The van der Waals surface area contributed by atoms with Crippen LogP contribution in [0.1, 0.15) is 12.5 Å². The van der Waals surface area contributed by atoms with Crippen molar-refractivity contribution in [3.8, 4) is 5.75 Å². The van der Waals surface area contributed by atoms with Crippen molar-refractivity contribution in [3.63, 3.8) is 0 Å². The van der Waals surface area contributed by atoms with Gasteiger partial charge in [-0.25, -0.2) is 0 Å². The third-order valence-corrected chi connectivity index (χ3v) is 3.57. The molecule has 0 saturated carbocycles. The number of carbonyl (C=O) groups is 1. The molecule has 0 spiro atoms. The summed E-state index contributed by atoms with van der Waals surface area (Å²) in [5, 5.41) is 25.9. The third-order valence-electron chi connectivity index (χ3n) is 3.57. The van der Waals surface area contributed by atoms with Gasteiger partial charge in [0.2, 0.25) is 0 Å². The van der Waals surface area contributed by atoms with Gasteiger partial charge in [-0.3, -0.25) is 14.9 Å². The van der Waals surface area contributed by atoms with Crippen molar-refractivity contribution in [1.82, 2.24) is 0 Å². The molecular formula is C17H13N3O4. The molecule has 120 valence electrons. The van der Waals surface area contributed by atoms with Crippen molar-refractivity contribution in [1.29, 1.82) is 0 Å². The molecule has 1 amide bonds. The van der Waals surface area contributed by atoms with E-state index >= 15 is 0 Å². The van der Waals surface area contributed by atoms with Crippen LogP contribution in [0, 0.1) is 10.1 Å². The van der Waals surface area contributed by atoms with Gasteiger partial charge in [-0.15, -0.1) is 0 Å². The van der Waals surface area contributed by atoms with Crippen molar-refractivity contribution in [2.45, 2.75) is 6.92 Å². The van der Waals surface area contributed by atoms with Gasteiger partial charge in [0.1, 0.15) is 0 Å². The minimum atomic E-state index is -0.676. The van der Waals surface area contributed by atoms with Crippen LogP contribution in [0.15, 0.2) is 59.2 Å². The van der Waals surface area contributed by atoms with E-state index in [-0.39, 0.29) is 5.91 Å². The number of rotatable bonds is 3. The Kier molecular flexibility index (Phi) is 3.83. The SMILES string of the molecule is CC1=NN(c2ccccc2)C(=O)/C1=C/c1ccc(O)c([N+](=O)[O-])c1. The molecule has 7 nitrogen and oxygen atoms in total.